The Morgan fingerprint density at radius 2 is 2.28 bits per heavy atom. The number of aliphatic hydroxyl groups is 1. The first kappa shape index (κ1) is 13.3. The minimum Gasteiger partial charge on any atom is -0.465 e. The molecule has 3 heteroatoms. The van der Waals surface area contributed by atoms with Crippen LogP contribution in [0.4, 0.5) is 0 Å². The molecule has 2 unspecified atom stereocenters. The summed E-state index contributed by atoms with van der Waals surface area (Å²) in [7, 11) is 0. The van der Waals surface area contributed by atoms with Crippen molar-refractivity contribution in [1.29, 1.82) is 0 Å². The average molecular weight is 250 g/mol. The maximum Gasteiger partial charge on any atom is 0.315 e. The van der Waals surface area contributed by atoms with Crippen molar-refractivity contribution in [2.45, 2.75) is 51.0 Å². The lowest BCUT2D eigenvalue weighted by Crippen LogP contribution is -2.57. The third kappa shape index (κ3) is 1.91. The number of hydrogen-bond acceptors (Lipinski definition) is 3. The number of rotatable bonds is 3. The van der Waals surface area contributed by atoms with Crippen molar-refractivity contribution >= 4 is 5.97 Å². The molecule has 0 spiro atoms. The Labute approximate surface area is 109 Å². The highest BCUT2D eigenvalue weighted by Gasteiger charge is 2.58. The molecule has 1 N–H and O–H groups in total. The van der Waals surface area contributed by atoms with Gasteiger partial charge < -0.3 is 9.84 Å². The van der Waals surface area contributed by atoms with Gasteiger partial charge in [0, 0.05) is 0 Å². The summed E-state index contributed by atoms with van der Waals surface area (Å²) in [5.74, 6) is -0.236. The summed E-state index contributed by atoms with van der Waals surface area (Å²) in [4.78, 5) is 12.4. The van der Waals surface area contributed by atoms with Gasteiger partial charge in [0.2, 0.25) is 0 Å². The first-order chi connectivity index (χ1) is 8.58. The first-order valence-corrected chi connectivity index (χ1v) is 6.79. The minimum atomic E-state index is -0.927. The van der Waals surface area contributed by atoms with E-state index in [1.54, 1.807) is 6.08 Å². The first-order valence-electron chi connectivity index (χ1n) is 6.79. The monoisotopic (exact) mass is 250 g/mol. The number of carbonyl (C=O) groups is 1. The Hall–Kier alpha value is -1.09. The molecule has 2 aliphatic carbocycles. The van der Waals surface area contributed by atoms with E-state index in [1.165, 1.54) is 0 Å². The molecule has 0 radical (unpaired) electrons. The molecule has 1 saturated carbocycles. The molecule has 2 rings (SSSR count). The molecule has 0 aromatic heterocycles. The van der Waals surface area contributed by atoms with Gasteiger partial charge >= 0.3 is 5.97 Å². The minimum absolute atomic E-state index is 0.236. The van der Waals surface area contributed by atoms with E-state index in [9.17, 15) is 9.90 Å². The van der Waals surface area contributed by atoms with Gasteiger partial charge in [-0.25, -0.2) is 0 Å². The van der Waals surface area contributed by atoms with Crippen molar-refractivity contribution in [2.24, 2.45) is 5.41 Å². The van der Waals surface area contributed by atoms with Crippen LogP contribution in [0.5, 0.6) is 0 Å². The van der Waals surface area contributed by atoms with Crippen LogP contribution in [0.2, 0.25) is 0 Å². The third-order valence-corrected chi connectivity index (χ3v) is 4.47. The summed E-state index contributed by atoms with van der Waals surface area (Å²) in [6.07, 6.45) is 8.25. The van der Waals surface area contributed by atoms with Crippen molar-refractivity contribution in [3.8, 4) is 0 Å². The molecule has 0 aromatic rings. The van der Waals surface area contributed by atoms with Crippen LogP contribution in [-0.4, -0.2) is 23.3 Å². The molecule has 0 aliphatic heterocycles. The highest BCUT2D eigenvalue weighted by molar-refractivity contribution is 5.80. The Morgan fingerprint density at radius 1 is 1.56 bits per heavy atom. The number of esters is 1. The van der Waals surface area contributed by atoms with Gasteiger partial charge in [-0.05, 0) is 32.6 Å². The van der Waals surface area contributed by atoms with E-state index in [1.807, 2.05) is 13.0 Å². The predicted octanol–water partition coefficient (Wildman–Crippen LogP) is 2.75. The molecule has 1 fully saturated rings. The lowest BCUT2D eigenvalue weighted by atomic mass is 9.56. The Balaban J connectivity index is 2.38. The van der Waals surface area contributed by atoms with Crippen LogP contribution >= 0.6 is 0 Å². The lowest BCUT2D eigenvalue weighted by molar-refractivity contribution is -0.184. The number of carbonyl (C=O) groups excluding carboxylic acids is 1. The normalized spacial score (nSPS) is 35.3. The second kappa shape index (κ2) is 4.88. The van der Waals surface area contributed by atoms with Crippen LogP contribution < -0.4 is 0 Å². The van der Waals surface area contributed by atoms with Crippen LogP contribution in [0.15, 0.2) is 24.3 Å². The second-order valence-electron chi connectivity index (χ2n) is 5.41. The fourth-order valence-corrected chi connectivity index (χ4v) is 3.38. The second-order valence-corrected chi connectivity index (χ2v) is 5.41. The molecule has 0 amide bonds. The topological polar surface area (TPSA) is 46.5 Å². The fraction of sp³-hybridized carbons (Fsp3) is 0.667. The molecule has 0 heterocycles. The van der Waals surface area contributed by atoms with Gasteiger partial charge in [-0.15, -0.1) is 0 Å². The summed E-state index contributed by atoms with van der Waals surface area (Å²) < 4.78 is 5.24. The van der Waals surface area contributed by atoms with Gasteiger partial charge in [0.05, 0.1) is 12.2 Å². The molecule has 0 bridgehead atoms. The molecule has 100 valence electrons. The van der Waals surface area contributed by atoms with Crippen LogP contribution in [0.25, 0.3) is 0 Å². The van der Waals surface area contributed by atoms with Gasteiger partial charge in [-0.1, -0.05) is 37.1 Å². The smallest absolute Gasteiger partial charge is 0.315 e. The van der Waals surface area contributed by atoms with Crippen molar-refractivity contribution in [1.82, 2.24) is 0 Å². The van der Waals surface area contributed by atoms with Crippen LogP contribution in [0.1, 0.15) is 45.4 Å². The zero-order chi connectivity index (χ0) is 13.2. The predicted molar refractivity (Wildman–Crippen MR) is 70.0 cm³/mol. The van der Waals surface area contributed by atoms with Gasteiger partial charge in [0.25, 0.3) is 0 Å². The molecular weight excluding hydrogens is 228 g/mol. The molecule has 2 aliphatic rings. The largest absolute Gasteiger partial charge is 0.465 e. The summed E-state index contributed by atoms with van der Waals surface area (Å²) in [6.45, 7) is 5.95. The summed E-state index contributed by atoms with van der Waals surface area (Å²) >= 11 is 0. The van der Waals surface area contributed by atoms with Gasteiger partial charge in [-0.2, -0.15) is 0 Å². The highest BCUT2D eigenvalue weighted by atomic mass is 16.5. The summed E-state index contributed by atoms with van der Waals surface area (Å²) in [6, 6.07) is 0. The number of fused-ring (bicyclic) bond motifs is 1. The van der Waals surface area contributed by atoms with E-state index >= 15 is 0 Å². The van der Waals surface area contributed by atoms with E-state index in [2.05, 4.69) is 6.58 Å². The average Bonchev–Trinajstić information content (AvgIpc) is 2.38. The third-order valence-electron chi connectivity index (χ3n) is 4.47. The Kier molecular flexibility index (Phi) is 3.62. The SMILES string of the molecule is C=CC1=CCC2(O)CCCCC2(C(=O)OCC)C1. The van der Waals surface area contributed by atoms with Crippen molar-refractivity contribution < 1.29 is 14.6 Å². The summed E-state index contributed by atoms with van der Waals surface area (Å²) in [5, 5.41) is 10.9. The molecular formula is C15H22O3. The molecule has 2 atom stereocenters. The molecule has 18 heavy (non-hydrogen) atoms. The summed E-state index contributed by atoms with van der Waals surface area (Å²) in [5.41, 5.74) is -0.626. The number of allylic oxidation sites excluding steroid dienone is 2. The van der Waals surface area contributed by atoms with E-state index < -0.39 is 11.0 Å². The Morgan fingerprint density at radius 3 is 2.94 bits per heavy atom. The zero-order valence-corrected chi connectivity index (χ0v) is 11.1. The van der Waals surface area contributed by atoms with E-state index in [4.69, 9.17) is 4.74 Å². The fourth-order valence-electron chi connectivity index (χ4n) is 3.38. The maximum absolute atomic E-state index is 12.4. The van der Waals surface area contributed by atoms with Crippen molar-refractivity contribution in [3.63, 3.8) is 0 Å². The maximum atomic E-state index is 12.4. The zero-order valence-electron chi connectivity index (χ0n) is 11.1. The Bertz CT molecular complexity index is 385. The van der Waals surface area contributed by atoms with Crippen LogP contribution in [0, 0.1) is 5.41 Å². The van der Waals surface area contributed by atoms with Crippen molar-refractivity contribution in [2.75, 3.05) is 6.61 Å². The standard InChI is InChI=1S/C15H22O3/c1-3-12-7-10-15(17)9-6-5-8-14(15,11-12)13(16)18-4-2/h3,7,17H,1,4-6,8-11H2,2H3. The molecule has 0 aromatic carbocycles. The van der Waals surface area contributed by atoms with Gasteiger partial charge in [-0.3, -0.25) is 4.79 Å². The van der Waals surface area contributed by atoms with Crippen LogP contribution in [0.3, 0.4) is 0 Å². The van der Waals surface area contributed by atoms with Gasteiger partial charge in [0.15, 0.2) is 0 Å². The number of hydrogen-bond donors (Lipinski definition) is 1. The van der Waals surface area contributed by atoms with E-state index in [0.717, 1.165) is 18.4 Å². The van der Waals surface area contributed by atoms with Gasteiger partial charge in [0.1, 0.15) is 5.41 Å². The molecule has 0 saturated heterocycles. The van der Waals surface area contributed by atoms with Crippen molar-refractivity contribution in [3.05, 3.63) is 24.3 Å². The van der Waals surface area contributed by atoms with Crippen LogP contribution in [-0.2, 0) is 9.53 Å². The lowest BCUT2D eigenvalue weighted by Gasteiger charge is -2.50. The number of ether oxygens (including phenoxy) is 1. The molecule has 3 nitrogen and oxygen atoms in total. The highest BCUT2D eigenvalue weighted by Crippen LogP contribution is 2.53. The quantitative estimate of drug-likeness (QED) is 0.783. The van der Waals surface area contributed by atoms with E-state index in [-0.39, 0.29) is 5.97 Å². The van der Waals surface area contributed by atoms with E-state index in [0.29, 0.717) is 32.3 Å².